The first-order chi connectivity index (χ1) is 25.3. The van der Waals surface area contributed by atoms with Gasteiger partial charge in [-0.2, -0.15) is 0 Å². The fraction of sp³-hybridized carbons (Fsp3) is 0.750. The summed E-state index contributed by atoms with van der Waals surface area (Å²) in [6.07, 6.45) is -3.47. The lowest BCUT2D eigenvalue weighted by atomic mass is 10.0. The van der Waals surface area contributed by atoms with Crippen molar-refractivity contribution in [2.75, 3.05) is 12.3 Å². The van der Waals surface area contributed by atoms with E-state index in [4.69, 9.17) is 38.6 Å². The summed E-state index contributed by atoms with van der Waals surface area (Å²) in [6.45, 7) is 20.9. The molecule has 3 aromatic heterocycles. The maximum atomic E-state index is 13.7. The topological polar surface area (TPSA) is 209 Å². The molecule has 7 heterocycles. The third-order valence-electron chi connectivity index (χ3n) is 11.4. The second-order valence-corrected chi connectivity index (χ2v) is 22.3. The van der Waals surface area contributed by atoms with Crippen molar-refractivity contribution in [3.8, 4) is 0 Å². The summed E-state index contributed by atoms with van der Waals surface area (Å²) in [5.74, 6) is -1.67. The molecular weight excluding hydrogens is 719 g/mol. The van der Waals surface area contributed by atoms with E-state index in [-0.39, 0.29) is 25.3 Å². The van der Waals surface area contributed by atoms with Crippen molar-refractivity contribution in [3.63, 3.8) is 0 Å². The molecule has 17 nitrogen and oxygen atoms in total. The van der Waals surface area contributed by atoms with Gasteiger partial charge in [0.2, 0.25) is 0 Å². The number of aliphatic hydroxyl groups excluding tert-OH is 1. The molecule has 7 rings (SSSR count). The van der Waals surface area contributed by atoms with Crippen LogP contribution in [0.15, 0.2) is 28.3 Å². The van der Waals surface area contributed by atoms with Crippen LogP contribution in [0.25, 0.3) is 11.2 Å². The molecule has 0 amide bonds. The summed E-state index contributed by atoms with van der Waals surface area (Å²) >= 11 is 0. The van der Waals surface area contributed by atoms with Gasteiger partial charge in [-0.15, -0.1) is 0 Å². The highest BCUT2D eigenvalue weighted by atomic mass is 28.4. The minimum Gasteiger partial charge on any atom is -0.413 e. The van der Waals surface area contributed by atoms with Crippen molar-refractivity contribution in [1.29, 1.82) is 0 Å². The maximum Gasteiger partial charge on any atom is 0.330 e. The third-order valence-corrected chi connectivity index (χ3v) is 17.5. The predicted molar refractivity (Wildman–Crippen MR) is 198 cm³/mol. The van der Waals surface area contributed by atoms with Crippen LogP contribution in [0, 0.1) is 0 Å². The number of nitrogens with one attached hydrogen (secondary N) is 1. The van der Waals surface area contributed by atoms with E-state index in [0.29, 0.717) is 33.5 Å². The Bertz CT molecular complexity index is 1940. The zero-order chi connectivity index (χ0) is 39.1. The fourth-order valence-corrected chi connectivity index (χ4v) is 14.9. The van der Waals surface area contributed by atoms with Gasteiger partial charge in [0.25, 0.3) is 5.56 Å². The molecule has 0 spiro atoms. The summed E-state index contributed by atoms with van der Waals surface area (Å²) in [6, 6.07) is 1.35. The SMILES string of the molecule is CC(C)[Si](OC[C@H]1O[C@@H](n2c(CC[C@H](O)[C@H]3O[C@@H](n4cnc5c(N)ncnc54)[C@@H]4OC(C)(C)O[C@@H]43)cc(=O)[nH]c2=O)[C@@H]2OC(C)(C)O[C@@H]21)(C(C)C)C(C)C. The van der Waals surface area contributed by atoms with Crippen LogP contribution in [0.2, 0.25) is 16.6 Å². The number of hydrogen-bond acceptors (Lipinski definition) is 14. The van der Waals surface area contributed by atoms with Crippen LogP contribution < -0.4 is 17.0 Å². The van der Waals surface area contributed by atoms with Crippen LogP contribution in [-0.2, 0) is 39.3 Å². The van der Waals surface area contributed by atoms with E-state index >= 15 is 0 Å². The van der Waals surface area contributed by atoms with Gasteiger partial charge in [-0.1, -0.05) is 41.5 Å². The molecule has 4 saturated heterocycles. The summed E-state index contributed by atoms with van der Waals surface area (Å²) < 4.78 is 48.4. The smallest absolute Gasteiger partial charge is 0.330 e. The molecule has 0 bridgehead atoms. The molecule has 4 aliphatic heterocycles. The van der Waals surface area contributed by atoms with E-state index in [1.165, 1.54) is 17.0 Å². The second-order valence-electron chi connectivity index (χ2n) is 16.8. The molecule has 4 N–H and O–H groups in total. The van der Waals surface area contributed by atoms with Crippen molar-refractivity contribution >= 4 is 25.3 Å². The Morgan fingerprint density at radius 2 is 1.50 bits per heavy atom. The number of fused-ring (bicyclic) bond motifs is 3. The Morgan fingerprint density at radius 3 is 2.15 bits per heavy atom. The van der Waals surface area contributed by atoms with Crippen molar-refractivity contribution in [3.05, 3.63) is 45.3 Å². The Hall–Kier alpha value is -3.07. The number of aryl methyl sites for hydroxylation is 1. The molecular formula is C36H55N7O10Si. The van der Waals surface area contributed by atoms with Gasteiger partial charge in [0, 0.05) is 11.8 Å². The lowest BCUT2D eigenvalue weighted by Gasteiger charge is -2.43. The van der Waals surface area contributed by atoms with Crippen LogP contribution in [0.5, 0.6) is 0 Å². The van der Waals surface area contributed by atoms with Gasteiger partial charge in [-0.25, -0.2) is 19.7 Å². The number of rotatable bonds is 12. The Balaban J connectivity index is 1.14. The summed E-state index contributed by atoms with van der Waals surface area (Å²) in [7, 11) is -2.27. The van der Waals surface area contributed by atoms with Gasteiger partial charge in [0.15, 0.2) is 43.8 Å². The number of hydrogen-bond donors (Lipinski definition) is 3. The lowest BCUT2D eigenvalue weighted by molar-refractivity contribution is -0.207. The minimum atomic E-state index is -2.27. The number of nitrogen functional groups attached to an aromatic ring is 1. The third kappa shape index (κ3) is 6.76. The molecule has 9 atom stereocenters. The first-order valence-corrected chi connectivity index (χ1v) is 21.1. The van der Waals surface area contributed by atoms with Crippen LogP contribution in [0.3, 0.4) is 0 Å². The van der Waals surface area contributed by atoms with Gasteiger partial charge in [0.1, 0.15) is 48.5 Å². The summed E-state index contributed by atoms with van der Waals surface area (Å²) in [5.41, 5.74) is 7.12. The highest BCUT2D eigenvalue weighted by molar-refractivity contribution is 6.77. The zero-order valence-corrected chi connectivity index (χ0v) is 33.7. The van der Waals surface area contributed by atoms with E-state index in [1.807, 2.05) is 13.8 Å². The van der Waals surface area contributed by atoms with Gasteiger partial charge in [-0.3, -0.25) is 18.9 Å². The number of imidazole rings is 1. The predicted octanol–water partition coefficient (Wildman–Crippen LogP) is 3.28. The molecule has 54 heavy (non-hydrogen) atoms. The van der Waals surface area contributed by atoms with Crippen molar-refractivity contribution in [2.45, 2.75) is 165 Å². The molecule has 3 aromatic rings. The van der Waals surface area contributed by atoms with Gasteiger partial charge >= 0.3 is 5.69 Å². The Kier molecular flexibility index (Phi) is 10.3. The molecule has 0 aliphatic carbocycles. The summed E-state index contributed by atoms with van der Waals surface area (Å²) in [5, 5.41) is 11.7. The highest BCUT2D eigenvalue weighted by Gasteiger charge is 2.59. The number of H-pyrrole nitrogens is 1. The van der Waals surface area contributed by atoms with Crippen LogP contribution in [-0.4, -0.2) is 103 Å². The van der Waals surface area contributed by atoms with Gasteiger partial charge in [-0.05, 0) is 57.2 Å². The number of ether oxygens (including phenoxy) is 6. The molecule has 0 aromatic carbocycles. The maximum absolute atomic E-state index is 13.7. The molecule has 298 valence electrons. The molecule has 18 heteroatoms. The van der Waals surface area contributed by atoms with Crippen molar-refractivity contribution in [1.82, 2.24) is 29.1 Å². The molecule has 4 fully saturated rings. The Labute approximate surface area is 314 Å². The van der Waals surface area contributed by atoms with Crippen LogP contribution in [0.1, 0.15) is 93.8 Å². The van der Waals surface area contributed by atoms with Crippen molar-refractivity contribution < 1.29 is 38.0 Å². The first-order valence-electron chi connectivity index (χ1n) is 19.0. The highest BCUT2D eigenvalue weighted by Crippen LogP contribution is 2.47. The average molecular weight is 774 g/mol. The molecule has 4 aliphatic rings. The van der Waals surface area contributed by atoms with Crippen molar-refractivity contribution in [2.24, 2.45) is 0 Å². The van der Waals surface area contributed by atoms with E-state index in [0.717, 1.165) is 0 Å². The number of aromatic nitrogens is 6. The molecule has 0 saturated carbocycles. The number of nitrogens with two attached hydrogens (primary N) is 1. The van der Waals surface area contributed by atoms with E-state index in [1.54, 1.807) is 24.7 Å². The van der Waals surface area contributed by atoms with E-state index in [9.17, 15) is 14.7 Å². The largest absolute Gasteiger partial charge is 0.413 e. The fourth-order valence-electron chi connectivity index (χ4n) is 9.41. The second kappa shape index (κ2) is 14.1. The summed E-state index contributed by atoms with van der Waals surface area (Å²) in [4.78, 5) is 41.6. The number of aliphatic hydroxyl groups is 1. The quantitative estimate of drug-likeness (QED) is 0.226. The first kappa shape index (κ1) is 39.2. The lowest BCUT2D eigenvalue weighted by Crippen LogP contribution is -2.50. The number of aromatic amines is 1. The van der Waals surface area contributed by atoms with Crippen LogP contribution in [0.4, 0.5) is 5.82 Å². The number of anilines is 1. The van der Waals surface area contributed by atoms with Crippen LogP contribution >= 0.6 is 0 Å². The zero-order valence-electron chi connectivity index (χ0n) is 32.7. The molecule has 0 radical (unpaired) electrons. The standard InChI is InChI=1S/C36H55N7O10Si/c1-17(2)54(18(3)4,19(5)6)47-14-22-26-28(52-35(7,8)50-26)33(48-22)43-20(13-23(45)41-34(43)46)11-12-21(44)25-27-29(53-36(9,10)51-27)32(49-25)42-16-40-24-30(37)38-15-39-31(24)42/h13,15-19,21-22,25-29,32-33,44H,11-12,14H2,1-10H3,(H2,37,38,39)(H,41,45,46)/t21-,22+,25+,26+,27+,28+,29+,32+,33+/m0/s1. The van der Waals surface area contributed by atoms with E-state index in [2.05, 4.69) is 61.5 Å². The normalized spacial score (nSPS) is 30.9. The monoisotopic (exact) mass is 773 g/mol. The Morgan fingerprint density at radius 1 is 0.889 bits per heavy atom. The number of nitrogens with zero attached hydrogens (tertiary/aromatic N) is 5. The minimum absolute atomic E-state index is 0.106. The van der Waals surface area contributed by atoms with E-state index < -0.39 is 86.3 Å². The average Bonchev–Trinajstić information content (AvgIpc) is 3.85. The molecule has 0 unspecified atom stereocenters. The van der Waals surface area contributed by atoms with Gasteiger partial charge < -0.3 is 43.7 Å². The van der Waals surface area contributed by atoms with Gasteiger partial charge in [0.05, 0.1) is 19.0 Å².